The summed E-state index contributed by atoms with van der Waals surface area (Å²) in [5.74, 6) is -0.138. The van der Waals surface area contributed by atoms with Gasteiger partial charge in [0.05, 0.1) is 6.04 Å². The average molecular weight is 277 g/mol. The lowest BCUT2D eigenvalue weighted by atomic mass is 10.0. The van der Waals surface area contributed by atoms with Crippen molar-refractivity contribution in [2.75, 3.05) is 6.54 Å². The van der Waals surface area contributed by atoms with Crippen LogP contribution in [0.3, 0.4) is 0 Å². The van der Waals surface area contributed by atoms with Crippen LogP contribution in [0.1, 0.15) is 41.0 Å². The SMILES string of the molecule is CCCNC(c1ccc(F)c(C)c1)c1sccc1C. The van der Waals surface area contributed by atoms with Gasteiger partial charge in [-0.15, -0.1) is 11.3 Å². The van der Waals surface area contributed by atoms with Crippen molar-refractivity contribution < 1.29 is 4.39 Å². The van der Waals surface area contributed by atoms with Crippen LogP contribution in [-0.2, 0) is 0 Å². The number of benzene rings is 1. The molecule has 3 heteroatoms. The maximum Gasteiger partial charge on any atom is 0.126 e. The molecule has 0 aliphatic rings. The lowest BCUT2D eigenvalue weighted by Crippen LogP contribution is -2.23. The van der Waals surface area contributed by atoms with Gasteiger partial charge in [0.2, 0.25) is 0 Å². The molecule has 2 rings (SSSR count). The Balaban J connectivity index is 2.37. The minimum Gasteiger partial charge on any atom is -0.306 e. The topological polar surface area (TPSA) is 12.0 Å². The van der Waals surface area contributed by atoms with E-state index in [0.717, 1.165) is 18.5 Å². The summed E-state index contributed by atoms with van der Waals surface area (Å²) in [6.07, 6.45) is 1.08. The van der Waals surface area contributed by atoms with E-state index in [4.69, 9.17) is 0 Å². The van der Waals surface area contributed by atoms with Crippen LogP contribution in [0.2, 0.25) is 0 Å². The van der Waals surface area contributed by atoms with E-state index < -0.39 is 0 Å². The summed E-state index contributed by atoms with van der Waals surface area (Å²) in [5, 5.41) is 5.68. The third kappa shape index (κ3) is 3.23. The van der Waals surface area contributed by atoms with Gasteiger partial charge in [-0.1, -0.05) is 19.1 Å². The van der Waals surface area contributed by atoms with Gasteiger partial charge in [0.25, 0.3) is 0 Å². The molecule has 0 radical (unpaired) electrons. The van der Waals surface area contributed by atoms with Crippen LogP contribution in [0, 0.1) is 19.7 Å². The molecular weight excluding hydrogens is 257 g/mol. The second-order valence-corrected chi connectivity index (χ2v) is 5.81. The van der Waals surface area contributed by atoms with Gasteiger partial charge in [0, 0.05) is 4.88 Å². The first kappa shape index (κ1) is 14.2. The van der Waals surface area contributed by atoms with Crippen LogP contribution in [-0.4, -0.2) is 6.54 Å². The van der Waals surface area contributed by atoms with Crippen LogP contribution in [0.15, 0.2) is 29.6 Å². The van der Waals surface area contributed by atoms with E-state index in [0.29, 0.717) is 5.56 Å². The molecule has 2 aromatic rings. The van der Waals surface area contributed by atoms with Crippen LogP contribution in [0.5, 0.6) is 0 Å². The maximum absolute atomic E-state index is 13.4. The minimum absolute atomic E-state index is 0.138. The van der Waals surface area contributed by atoms with Crippen molar-refractivity contribution in [1.29, 1.82) is 0 Å². The Morgan fingerprint density at radius 2 is 2.00 bits per heavy atom. The van der Waals surface area contributed by atoms with Crippen molar-refractivity contribution in [2.24, 2.45) is 0 Å². The molecule has 0 amide bonds. The zero-order chi connectivity index (χ0) is 13.8. The van der Waals surface area contributed by atoms with Crippen LogP contribution >= 0.6 is 11.3 Å². The Bertz CT molecular complexity index is 547. The Morgan fingerprint density at radius 3 is 2.58 bits per heavy atom. The third-order valence-electron chi connectivity index (χ3n) is 3.28. The summed E-state index contributed by atoms with van der Waals surface area (Å²) in [7, 11) is 0. The number of aryl methyl sites for hydroxylation is 2. The Labute approximate surface area is 118 Å². The van der Waals surface area contributed by atoms with Crippen molar-refractivity contribution in [2.45, 2.75) is 33.2 Å². The van der Waals surface area contributed by atoms with E-state index in [1.54, 1.807) is 17.4 Å². The zero-order valence-electron chi connectivity index (χ0n) is 11.7. The molecule has 19 heavy (non-hydrogen) atoms. The summed E-state index contributed by atoms with van der Waals surface area (Å²) >= 11 is 1.76. The first-order valence-corrected chi connectivity index (χ1v) is 7.55. The summed E-state index contributed by atoms with van der Waals surface area (Å²) in [5.41, 5.74) is 3.13. The molecule has 1 aromatic carbocycles. The Hall–Kier alpha value is -1.19. The molecule has 1 N–H and O–H groups in total. The predicted molar refractivity (Wildman–Crippen MR) is 80.3 cm³/mol. The fraction of sp³-hybridized carbons (Fsp3) is 0.375. The molecule has 0 spiro atoms. The smallest absolute Gasteiger partial charge is 0.126 e. The summed E-state index contributed by atoms with van der Waals surface area (Å²) in [4.78, 5) is 1.32. The van der Waals surface area contributed by atoms with Crippen molar-refractivity contribution in [3.8, 4) is 0 Å². The second-order valence-electron chi connectivity index (χ2n) is 4.86. The standard InChI is InChI=1S/C16H20FNS/c1-4-8-18-15(16-11(2)7-9-19-16)13-5-6-14(17)12(3)10-13/h5-7,9-10,15,18H,4,8H2,1-3H3. The predicted octanol–water partition coefficient (Wildman–Crippen LogP) is 4.59. The highest BCUT2D eigenvalue weighted by Gasteiger charge is 2.17. The Morgan fingerprint density at radius 1 is 1.21 bits per heavy atom. The molecule has 0 saturated heterocycles. The number of thiophene rings is 1. The van der Waals surface area contributed by atoms with Crippen LogP contribution < -0.4 is 5.32 Å². The van der Waals surface area contributed by atoms with Crippen molar-refractivity contribution >= 4 is 11.3 Å². The molecule has 1 aromatic heterocycles. The van der Waals surface area contributed by atoms with Gasteiger partial charge in [0.15, 0.2) is 0 Å². The molecule has 1 atom stereocenters. The Kier molecular flexibility index (Phi) is 4.72. The molecule has 0 saturated carbocycles. The molecule has 1 nitrogen and oxygen atoms in total. The lowest BCUT2D eigenvalue weighted by Gasteiger charge is -2.19. The van der Waals surface area contributed by atoms with Gasteiger partial charge >= 0.3 is 0 Å². The summed E-state index contributed by atoms with van der Waals surface area (Å²) in [6, 6.07) is 7.70. The number of nitrogens with one attached hydrogen (secondary N) is 1. The first-order valence-electron chi connectivity index (χ1n) is 6.67. The van der Waals surface area contributed by atoms with E-state index in [-0.39, 0.29) is 11.9 Å². The second kappa shape index (κ2) is 6.31. The average Bonchev–Trinajstić information content (AvgIpc) is 2.80. The number of halogens is 1. The highest BCUT2D eigenvalue weighted by atomic mass is 32.1. The lowest BCUT2D eigenvalue weighted by molar-refractivity contribution is 0.594. The van der Waals surface area contributed by atoms with Gasteiger partial charge in [-0.05, 0) is 61.0 Å². The van der Waals surface area contributed by atoms with Gasteiger partial charge in [-0.25, -0.2) is 4.39 Å². The molecule has 0 bridgehead atoms. The molecule has 0 aliphatic heterocycles. The van der Waals surface area contributed by atoms with Crippen molar-refractivity contribution in [3.05, 3.63) is 57.0 Å². The van der Waals surface area contributed by atoms with E-state index in [1.165, 1.54) is 10.4 Å². The van der Waals surface area contributed by atoms with E-state index in [9.17, 15) is 4.39 Å². The fourth-order valence-electron chi connectivity index (χ4n) is 2.18. The van der Waals surface area contributed by atoms with Gasteiger partial charge < -0.3 is 5.32 Å². The minimum atomic E-state index is -0.138. The fourth-order valence-corrected chi connectivity index (χ4v) is 3.21. The van der Waals surface area contributed by atoms with Crippen LogP contribution in [0.25, 0.3) is 0 Å². The monoisotopic (exact) mass is 277 g/mol. The zero-order valence-corrected chi connectivity index (χ0v) is 12.5. The molecule has 1 unspecified atom stereocenters. The number of hydrogen-bond acceptors (Lipinski definition) is 2. The van der Waals surface area contributed by atoms with Crippen molar-refractivity contribution in [3.63, 3.8) is 0 Å². The van der Waals surface area contributed by atoms with E-state index in [1.807, 2.05) is 19.1 Å². The summed E-state index contributed by atoms with van der Waals surface area (Å²) in [6.45, 7) is 7.06. The highest BCUT2D eigenvalue weighted by molar-refractivity contribution is 7.10. The quantitative estimate of drug-likeness (QED) is 0.842. The van der Waals surface area contributed by atoms with Gasteiger partial charge in [-0.2, -0.15) is 0 Å². The van der Waals surface area contributed by atoms with Crippen molar-refractivity contribution in [1.82, 2.24) is 5.32 Å². The molecule has 0 fully saturated rings. The largest absolute Gasteiger partial charge is 0.306 e. The molecule has 102 valence electrons. The molecule has 1 heterocycles. The normalized spacial score (nSPS) is 12.6. The maximum atomic E-state index is 13.4. The van der Waals surface area contributed by atoms with Gasteiger partial charge in [0.1, 0.15) is 5.82 Å². The number of rotatable bonds is 5. The highest BCUT2D eigenvalue weighted by Crippen LogP contribution is 2.30. The third-order valence-corrected chi connectivity index (χ3v) is 4.36. The van der Waals surface area contributed by atoms with E-state index >= 15 is 0 Å². The van der Waals surface area contributed by atoms with Crippen LogP contribution in [0.4, 0.5) is 4.39 Å². The summed E-state index contributed by atoms with van der Waals surface area (Å²) < 4.78 is 13.4. The van der Waals surface area contributed by atoms with E-state index in [2.05, 4.69) is 30.6 Å². The van der Waals surface area contributed by atoms with Gasteiger partial charge in [-0.3, -0.25) is 0 Å². The first-order chi connectivity index (χ1) is 9.13. The molecular formula is C16H20FNS. The number of hydrogen-bond donors (Lipinski definition) is 1. The molecule has 0 aliphatic carbocycles.